The van der Waals surface area contributed by atoms with Gasteiger partial charge in [-0.2, -0.15) is 0 Å². The predicted octanol–water partition coefficient (Wildman–Crippen LogP) is 2.18. The molecule has 1 amide bonds. The maximum Gasteiger partial charge on any atom is 0.396 e. The molecule has 0 spiro atoms. The quantitative estimate of drug-likeness (QED) is 0.636. The van der Waals surface area contributed by atoms with Crippen LogP contribution in [0.15, 0.2) is 16.6 Å². The Bertz CT molecular complexity index is 420. The van der Waals surface area contributed by atoms with Crippen molar-refractivity contribution in [2.24, 2.45) is 0 Å². The first-order chi connectivity index (χ1) is 7.45. The molecule has 0 aliphatic rings. The van der Waals surface area contributed by atoms with Crippen molar-refractivity contribution in [3.05, 3.63) is 27.7 Å². The molecule has 16 heavy (non-hydrogen) atoms. The van der Waals surface area contributed by atoms with Crippen LogP contribution in [0.4, 0.5) is 5.69 Å². The maximum atomic E-state index is 11.3. The second-order valence-corrected chi connectivity index (χ2v) is 4.24. The molecule has 0 atom stereocenters. The summed E-state index contributed by atoms with van der Waals surface area (Å²) >= 11 is 3.33. The van der Waals surface area contributed by atoms with E-state index >= 15 is 0 Å². The van der Waals surface area contributed by atoms with Crippen molar-refractivity contribution in [1.82, 2.24) is 0 Å². The van der Waals surface area contributed by atoms with Crippen LogP contribution in [0.5, 0.6) is 0 Å². The molecule has 0 fully saturated rings. The van der Waals surface area contributed by atoms with Crippen LogP contribution in [0.2, 0.25) is 0 Å². The molecule has 1 rings (SSSR count). The number of carbonyl (C=O) groups excluding carboxylic acids is 2. The van der Waals surface area contributed by atoms with Crippen LogP contribution in [-0.4, -0.2) is 19.0 Å². The van der Waals surface area contributed by atoms with E-state index in [0.29, 0.717) is 5.69 Å². The Hall–Kier alpha value is -1.36. The Kier molecular flexibility index (Phi) is 4.06. The highest BCUT2D eigenvalue weighted by Crippen LogP contribution is 2.27. The number of anilines is 1. The minimum Gasteiger partial charge on any atom is -0.462 e. The molecular weight excluding hydrogens is 274 g/mol. The number of amides is 1. The lowest BCUT2D eigenvalue weighted by Crippen LogP contribution is -2.24. The summed E-state index contributed by atoms with van der Waals surface area (Å²) in [5, 5.41) is 2.50. The summed E-state index contributed by atoms with van der Waals surface area (Å²) in [7, 11) is 1.17. The summed E-state index contributed by atoms with van der Waals surface area (Å²) in [5.74, 6) is -1.69. The van der Waals surface area contributed by atoms with Gasteiger partial charge in [0, 0.05) is 4.47 Å². The fourth-order valence-corrected chi connectivity index (χ4v) is 2.10. The highest BCUT2D eigenvalue weighted by atomic mass is 79.9. The number of ether oxygens (including phenoxy) is 1. The number of hydrogen-bond acceptors (Lipinski definition) is 3. The van der Waals surface area contributed by atoms with Gasteiger partial charge in [-0.1, -0.05) is 6.07 Å². The standard InChI is InChI=1S/C11H12BrNO3/c1-6-4-7(2)9(8(12)5-6)13-10(14)11(15)16-3/h4-5H,1-3H3,(H,13,14). The molecule has 1 aromatic rings. The summed E-state index contributed by atoms with van der Waals surface area (Å²) in [6, 6.07) is 3.78. The summed E-state index contributed by atoms with van der Waals surface area (Å²) in [4.78, 5) is 22.3. The molecule has 0 aliphatic heterocycles. The first-order valence-corrected chi connectivity index (χ1v) is 5.41. The fourth-order valence-electron chi connectivity index (χ4n) is 1.33. The van der Waals surface area contributed by atoms with Crippen LogP contribution in [0, 0.1) is 13.8 Å². The molecule has 0 bridgehead atoms. The number of methoxy groups -OCH3 is 1. The van der Waals surface area contributed by atoms with E-state index in [0.717, 1.165) is 15.6 Å². The van der Waals surface area contributed by atoms with E-state index in [-0.39, 0.29) is 0 Å². The topological polar surface area (TPSA) is 55.4 Å². The minimum absolute atomic E-state index is 0.584. The summed E-state index contributed by atoms with van der Waals surface area (Å²) in [6.07, 6.45) is 0. The zero-order valence-corrected chi connectivity index (χ0v) is 10.8. The third kappa shape index (κ3) is 2.82. The molecule has 0 aliphatic carbocycles. The molecule has 0 saturated heterocycles. The van der Waals surface area contributed by atoms with Crippen LogP contribution in [-0.2, 0) is 14.3 Å². The van der Waals surface area contributed by atoms with E-state index in [1.165, 1.54) is 7.11 Å². The summed E-state index contributed by atoms with van der Waals surface area (Å²) in [5.41, 5.74) is 2.53. The van der Waals surface area contributed by atoms with Crippen molar-refractivity contribution in [2.45, 2.75) is 13.8 Å². The van der Waals surface area contributed by atoms with E-state index in [9.17, 15) is 9.59 Å². The van der Waals surface area contributed by atoms with E-state index in [1.54, 1.807) is 0 Å². The van der Waals surface area contributed by atoms with Gasteiger partial charge in [0.05, 0.1) is 12.8 Å². The highest BCUT2D eigenvalue weighted by molar-refractivity contribution is 9.10. The number of halogens is 1. The highest BCUT2D eigenvalue weighted by Gasteiger charge is 2.16. The molecule has 1 N–H and O–H groups in total. The number of nitrogens with one attached hydrogen (secondary N) is 1. The molecule has 1 aromatic carbocycles. The van der Waals surface area contributed by atoms with Crippen LogP contribution in [0.25, 0.3) is 0 Å². The maximum absolute atomic E-state index is 11.3. The Morgan fingerprint density at radius 1 is 1.31 bits per heavy atom. The molecule has 0 radical (unpaired) electrons. The zero-order chi connectivity index (χ0) is 12.3. The summed E-state index contributed by atoms with van der Waals surface area (Å²) in [6.45, 7) is 3.80. The number of carbonyl (C=O) groups is 2. The van der Waals surface area contributed by atoms with Gasteiger partial charge in [0.15, 0.2) is 0 Å². The van der Waals surface area contributed by atoms with Gasteiger partial charge in [-0.3, -0.25) is 4.79 Å². The Morgan fingerprint density at radius 2 is 1.94 bits per heavy atom. The third-order valence-corrected chi connectivity index (χ3v) is 2.67. The molecule has 0 heterocycles. The predicted molar refractivity (Wildman–Crippen MR) is 64.3 cm³/mol. The van der Waals surface area contributed by atoms with Gasteiger partial charge in [-0.05, 0) is 47.0 Å². The largest absolute Gasteiger partial charge is 0.462 e. The lowest BCUT2D eigenvalue weighted by atomic mass is 10.1. The third-order valence-electron chi connectivity index (χ3n) is 2.04. The van der Waals surface area contributed by atoms with Gasteiger partial charge in [0.1, 0.15) is 0 Å². The fraction of sp³-hybridized carbons (Fsp3) is 0.273. The average molecular weight is 286 g/mol. The zero-order valence-electron chi connectivity index (χ0n) is 9.26. The van der Waals surface area contributed by atoms with Gasteiger partial charge in [-0.25, -0.2) is 4.79 Å². The molecule has 5 heteroatoms. The van der Waals surface area contributed by atoms with Crippen molar-refractivity contribution >= 4 is 33.5 Å². The second kappa shape index (κ2) is 5.12. The molecule has 4 nitrogen and oxygen atoms in total. The van der Waals surface area contributed by atoms with E-state index in [1.807, 2.05) is 26.0 Å². The molecular formula is C11H12BrNO3. The molecule has 0 aromatic heterocycles. The smallest absolute Gasteiger partial charge is 0.396 e. The normalized spacial score (nSPS) is 9.75. The van der Waals surface area contributed by atoms with Gasteiger partial charge < -0.3 is 10.1 Å². The SMILES string of the molecule is COC(=O)C(=O)Nc1c(C)cc(C)cc1Br. The van der Waals surface area contributed by atoms with Gasteiger partial charge in [0.25, 0.3) is 0 Å². The number of aryl methyl sites for hydroxylation is 2. The molecule has 86 valence electrons. The van der Waals surface area contributed by atoms with Crippen molar-refractivity contribution in [2.75, 3.05) is 12.4 Å². The van der Waals surface area contributed by atoms with Gasteiger partial charge in [-0.15, -0.1) is 0 Å². The van der Waals surface area contributed by atoms with Crippen molar-refractivity contribution < 1.29 is 14.3 Å². The molecule has 0 saturated carbocycles. The lowest BCUT2D eigenvalue weighted by Gasteiger charge is -2.10. The van der Waals surface area contributed by atoms with Crippen molar-refractivity contribution in [3.63, 3.8) is 0 Å². The van der Waals surface area contributed by atoms with Crippen LogP contribution in [0.3, 0.4) is 0 Å². The number of esters is 1. The van der Waals surface area contributed by atoms with Crippen LogP contribution < -0.4 is 5.32 Å². The first-order valence-electron chi connectivity index (χ1n) is 4.61. The van der Waals surface area contributed by atoms with Crippen molar-refractivity contribution in [3.8, 4) is 0 Å². The Morgan fingerprint density at radius 3 is 2.44 bits per heavy atom. The Balaban J connectivity index is 2.98. The molecule has 0 unspecified atom stereocenters. The average Bonchev–Trinajstić information content (AvgIpc) is 2.21. The van der Waals surface area contributed by atoms with Gasteiger partial charge >= 0.3 is 11.9 Å². The van der Waals surface area contributed by atoms with E-state index in [4.69, 9.17) is 0 Å². The van der Waals surface area contributed by atoms with Crippen LogP contribution >= 0.6 is 15.9 Å². The number of benzene rings is 1. The van der Waals surface area contributed by atoms with Gasteiger partial charge in [0.2, 0.25) is 0 Å². The van der Waals surface area contributed by atoms with E-state index < -0.39 is 11.9 Å². The van der Waals surface area contributed by atoms with Crippen molar-refractivity contribution in [1.29, 1.82) is 0 Å². The number of hydrogen-bond donors (Lipinski definition) is 1. The first kappa shape index (κ1) is 12.7. The van der Waals surface area contributed by atoms with Crippen LogP contribution in [0.1, 0.15) is 11.1 Å². The van der Waals surface area contributed by atoms with E-state index in [2.05, 4.69) is 26.0 Å². The summed E-state index contributed by atoms with van der Waals surface area (Å²) < 4.78 is 5.06. The lowest BCUT2D eigenvalue weighted by molar-refractivity contribution is -0.150. The monoisotopic (exact) mass is 285 g/mol. The minimum atomic E-state index is -0.910. The Labute approximate surface area is 102 Å². The number of rotatable bonds is 1. The second-order valence-electron chi connectivity index (χ2n) is 3.38.